The molecule has 0 saturated heterocycles. The molecule has 83 valence electrons. The van der Waals surface area contributed by atoms with E-state index in [1.807, 2.05) is 18.2 Å². The van der Waals surface area contributed by atoms with E-state index in [2.05, 4.69) is 29.5 Å². The van der Waals surface area contributed by atoms with Crippen LogP contribution in [0.25, 0.3) is 0 Å². The Morgan fingerprint density at radius 2 is 2.20 bits per heavy atom. The molecule has 0 amide bonds. The third-order valence-corrected chi connectivity index (χ3v) is 2.71. The lowest BCUT2D eigenvalue weighted by Gasteiger charge is -2.11. The first-order valence-corrected chi connectivity index (χ1v) is 6.22. The molecule has 1 atom stereocenters. The van der Waals surface area contributed by atoms with Crippen molar-refractivity contribution in [3.8, 4) is 5.75 Å². The lowest BCUT2D eigenvalue weighted by Crippen LogP contribution is -2.02. The summed E-state index contributed by atoms with van der Waals surface area (Å²) < 4.78 is 6.49. The first kappa shape index (κ1) is 13.1. The molecule has 0 aliphatic rings. The summed E-state index contributed by atoms with van der Waals surface area (Å²) in [6, 6.07) is 5.81. The molecule has 4 heteroatoms. The predicted octanol–water partition coefficient (Wildman–Crippen LogP) is 2.82. The lowest BCUT2D eigenvalue weighted by molar-refractivity contribution is 0.282. The summed E-state index contributed by atoms with van der Waals surface area (Å²) in [4.78, 5) is 0. The predicted molar refractivity (Wildman–Crippen MR) is 70.6 cm³/mol. The Hall–Kier alpha value is -0.000000000000000111. The van der Waals surface area contributed by atoms with Crippen LogP contribution in [-0.4, -0.2) is 24.2 Å². The highest BCUT2D eigenvalue weighted by molar-refractivity contribution is 14.1. The van der Waals surface area contributed by atoms with Gasteiger partial charge in [0.15, 0.2) is 0 Å². The maximum atomic E-state index is 9.02. The first-order chi connectivity index (χ1) is 7.17. The molecule has 0 spiro atoms. The van der Waals surface area contributed by atoms with E-state index in [1.54, 1.807) is 0 Å². The van der Waals surface area contributed by atoms with Gasteiger partial charge in [-0.25, -0.2) is 0 Å². The Labute approximate surface area is 109 Å². The minimum absolute atomic E-state index is 0.0367. The van der Waals surface area contributed by atoms with Crippen molar-refractivity contribution in [3.63, 3.8) is 0 Å². The fourth-order valence-electron chi connectivity index (χ4n) is 1.17. The average Bonchev–Trinajstić information content (AvgIpc) is 2.24. The van der Waals surface area contributed by atoms with Crippen LogP contribution >= 0.6 is 34.2 Å². The molecule has 0 saturated carbocycles. The van der Waals surface area contributed by atoms with Gasteiger partial charge in [0, 0.05) is 16.1 Å². The van der Waals surface area contributed by atoms with E-state index in [9.17, 15) is 0 Å². The number of rotatable bonds is 5. The molecule has 2 nitrogen and oxygen atoms in total. The van der Waals surface area contributed by atoms with E-state index >= 15 is 0 Å². The van der Waals surface area contributed by atoms with Crippen molar-refractivity contribution in [3.05, 3.63) is 34.3 Å². The minimum Gasteiger partial charge on any atom is -0.492 e. The van der Waals surface area contributed by atoms with Gasteiger partial charge in [0.25, 0.3) is 0 Å². The quantitative estimate of drug-likeness (QED) is 0.660. The molecule has 1 rings (SSSR count). The van der Waals surface area contributed by atoms with E-state index in [0.717, 1.165) is 14.9 Å². The SMILES string of the molecule is [CH2]C(CO)c1cc(I)cc(OCCCl)c1. The van der Waals surface area contributed by atoms with Crippen LogP contribution in [0.2, 0.25) is 0 Å². The number of alkyl halides is 1. The molecule has 1 aromatic carbocycles. The van der Waals surface area contributed by atoms with Crippen LogP contribution < -0.4 is 4.74 Å². The van der Waals surface area contributed by atoms with E-state index in [4.69, 9.17) is 21.4 Å². The zero-order valence-corrected chi connectivity index (χ0v) is 11.2. The maximum absolute atomic E-state index is 9.02. The molecule has 1 unspecified atom stereocenters. The van der Waals surface area contributed by atoms with E-state index < -0.39 is 0 Å². The van der Waals surface area contributed by atoms with Crippen LogP contribution in [0.15, 0.2) is 18.2 Å². The third kappa shape index (κ3) is 4.17. The molecule has 1 radical (unpaired) electrons. The molecule has 0 aliphatic carbocycles. The van der Waals surface area contributed by atoms with E-state index in [0.29, 0.717) is 12.5 Å². The average molecular weight is 340 g/mol. The number of benzene rings is 1. The van der Waals surface area contributed by atoms with Crippen molar-refractivity contribution >= 4 is 34.2 Å². The summed E-state index contributed by atoms with van der Waals surface area (Å²) >= 11 is 7.75. The topological polar surface area (TPSA) is 29.5 Å². The van der Waals surface area contributed by atoms with Gasteiger partial charge in [-0.2, -0.15) is 0 Å². The fraction of sp³-hybridized carbons (Fsp3) is 0.364. The van der Waals surface area contributed by atoms with Crippen molar-refractivity contribution in [1.82, 2.24) is 0 Å². The van der Waals surface area contributed by atoms with Crippen LogP contribution in [0.5, 0.6) is 5.75 Å². The van der Waals surface area contributed by atoms with Gasteiger partial charge < -0.3 is 9.84 Å². The first-order valence-electron chi connectivity index (χ1n) is 4.60. The Kier molecular flexibility index (Phi) is 5.71. The lowest BCUT2D eigenvalue weighted by atomic mass is 10.0. The third-order valence-electron chi connectivity index (χ3n) is 1.93. The van der Waals surface area contributed by atoms with Gasteiger partial charge >= 0.3 is 0 Å². The number of aliphatic hydroxyl groups excluding tert-OH is 1. The summed E-state index contributed by atoms with van der Waals surface area (Å²) in [5, 5.41) is 9.02. The smallest absolute Gasteiger partial charge is 0.120 e. The Morgan fingerprint density at radius 1 is 1.47 bits per heavy atom. The normalized spacial score (nSPS) is 12.5. The molecular weight excluding hydrogens is 326 g/mol. The van der Waals surface area contributed by atoms with Gasteiger partial charge in [-0.05, 0) is 53.3 Å². The second-order valence-corrected chi connectivity index (χ2v) is 4.76. The van der Waals surface area contributed by atoms with Crippen LogP contribution in [0.1, 0.15) is 11.5 Å². The molecule has 1 aromatic rings. The van der Waals surface area contributed by atoms with Gasteiger partial charge in [-0.1, -0.05) is 0 Å². The van der Waals surface area contributed by atoms with Crippen LogP contribution in [0.4, 0.5) is 0 Å². The van der Waals surface area contributed by atoms with Crippen molar-refractivity contribution in [2.24, 2.45) is 0 Å². The highest BCUT2D eigenvalue weighted by atomic mass is 127. The van der Waals surface area contributed by atoms with Crippen LogP contribution in [-0.2, 0) is 0 Å². The molecule has 15 heavy (non-hydrogen) atoms. The Balaban J connectivity index is 2.84. The maximum Gasteiger partial charge on any atom is 0.120 e. The zero-order valence-electron chi connectivity index (χ0n) is 8.25. The number of halogens is 2. The molecule has 1 N–H and O–H groups in total. The van der Waals surface area contributed by atoms with E-state index in [-0.39, 0.29) is 12.5 Å². The van der Waals surface area contributed by atoms with Crippen molar-refractivity contribution in [2.75, 3.05) is 19.1 Å². The minimum atomic E-state index is -0.113. The molecule has 0 bridgehead atoms. The number of hydrogen-bond acceptors (Lipinski definition) is 2. The van der Waals surface area contributed by atoms with E-state index in [1.165, 1.54) is 0 Å². The fourth-order valence-corrected chi connectivity index (χ4v) is 1.91. The molecule has 0 fully saturated rings. The van der Waals surface area contributed by atoms with Crippen LogP contribution in [0.3, 0.4) is 0 Å². The molecule has 0 aliphatic heterocycles. The standard InChI is InChI=1S/C11H13ClIO2/c1-8(7-14)9-4-10(13)6-11(5-9)15-3-2-12/h4-6,8,14H,1-3,7H2. The molecule has 0 heterocycles. The number of hydrogen-bond donors (Lipinski definition) is 1. The van der Waals surface area contributed by atoms with Gasteiger partial charge in [0.1, 0.15) is 12.4 Å². The Morgan fingerprint density at radius 3 is 2.80 bits per heavy atom. The molecule has 0 aromatic heterocycles. The van der Waals surface area contributed by atoms with Crippen molar-refractivity contribution < 1.29 is 9.84 Å². The summed E-state index contributed by atoms with van der Waals surface area (Å²) in [6.45, 7) is 4.38. The van der Waals surface area contributed by atoms with Crippen molar-refractivity contribution in [2.45, 2.75) is 5.92 Å². The summed E-state index contributed by atoms with van der Waals surface area (Å²) in [7, 11) is 0. The van der Waals surface area contributed by atoms with Gasteiger partial charge in [-0.15, -0.1) is 11.6 Å². The van der Waals surface area contributed by atoms with Crippen molar-refractivity contribution in [1.29, 1.82) is 0 Å². The largest absolute Gasteiger partial charge is 0.492 e. The number of ether oxygens (including phenoxy) is 1. The monoisotopic (exact) mass is 339 g/mol. The highest BCUT2D eigenvalue weighted by Gasteiger charge is 2.07. The highest BCUT2D eigenvalue weighted by Crippen LogP contribution is 2.24. The molecular formula is C11H13ClIO2. The van der Waals surface area contributed by atoms with Gasteiger partial charge in [-0.3, -0.25) is 0 Å². The second kappa shape index (κ2) is 6.55. The Bertz CT molecular complexity index is 317. The summed E-state index contributed by atoms with van der Waals surface area (Å²) in [5.74, 6) is 1.13. The van der Waals surface area contributed by atoms with Gasteiger partial charge in [0.2, 0.25) is 0 Å². The summed E-state index contributed by atoms with van der Waals surface area (Å²) in [6.07, 6.45) is 0. The van der Waals surface area contributed by atoms with Crippen LogP contribution in [0, 0.1) is 10.5 Å². The summed E-state index contributed by atoms with van der Waals surface area (Å²) in [5.41, 5.74) is 0.981. The number of aliphatic hydroxyl groups is 1. The second-order valence-electron chi connectivity index (χ2n) is 3.14. The van der Waals surface area contributed by atoms with Gasteiger partial charge in [0.05, 0.1) is 5.88 Å². The zero-order chi connectivity index (χ0) is 11.3.